The van der Waals surface area contributed by atoms with Gasteiger partial charge in [0.2, 0.25) is 0 Å². The van der Waals surface area contributed by atoms with Gasteiger partial charge in [0.25, 0.3) is 0 Å². The molecule has 6 heteroatoms. The molecule has 0 amide bonds. The molecule has 0 bridgehead atoms. The molecule has 0 aliphatic carbocycles. The zero-order valence-corrected chi connectivity index (χ0v) is 10.9. The molecule has 0 spiro atoms. The SMILES string of the molecule is CC(CNc1ncccc1C(F)(F)F)N1CCCC1. The normalized spacial score (nSPS) is 18.5. The van der Waals surface area contributed by atoms with E-state index >= 15 is 0 Å². The minimum atomic E-state index is -4.37. The Morgan fingerprint density at radius 3 is 2.68 bits per heavy atom. The van der Waals surface area contributed by atoms with Gasteiger partial charge in [-0.1, -0.05) is 0 Å². The highest BCUT2D eigenvalue weighted by molar-refractivity contribution is 5.45. The number of nitrogens with one attached hydrogen (secondary N) is 1. The molecule has 1 saturated heterocycles. The third-order valence-corrected chi connectivity index (χ3v) is 3.44. The van der Waals surface area contributed by atoms with Gasteiger partial charge in [-0.15, -0.1) is 0 Å². The van der Waals surface area contributed by atoms with Gasteiger partial charge < -0.3 is 5.32 Å². The van der Waals surface area contributed by atoms with E-state index in [0.717, 1.165) is 19.2 Å². The van der Waals surface area contributed by atoms with E-state index < -0.39 is 11.7 Å². The number of hydrogen-bond donors (Lipinski definition) is 1. The van der Waals surface area contributed by atoms with Gasteiger partial charge in [-0.25, -0.2) is 4.98 Å². The maximum absolute atomic E-state index is 12.8. The van der Waals surface area contributed by atoms with Crippen molar-refractivity contribution < 1.29 is 13.2 Å². The third-order valence-electron chi connectivity index (χ3n) is 3.44. The predicted octanol–water partition coefficient (Wildman–Crippen LogP) is 3.00. The molecule has 3 nitrogen and oxygen atoms in total. The molecular weight excluding hydrogens is 255 g/mol. The van der Waals surface area contributed by atoms with E-state index in [1.54, 1.807) is 0 Å². The van der Waals surface area contributed by atoms with Crippen LogP contribution in [0.4, 0.5) is 19.0 Å². The molecule has 1 aromatic rings. The Labute approximate surface area is 110 Å². The zero-order valence-electron chi connectivity index (χ0n) is 10.9. The van der Waals surface area contributed by atoms with E-state index in [1.807, 2.05) is 6.92 Å². The number of aromatic nitrogens is 1. The largest absolute Gasteiger partial charge is 0.419 e. The number of halogens is 3. The van der Waals surface area contributed by atoms with Gasteiger partial charge in [0.15, 0.2) is 0 Å². The first kappa shape index (κ1) is 14.1. The molecule has 19 heavy (non-hydrogen) atoms. The van der Waals surface area contributed by atoms with E-state index in [-0.39, 0.29) is 11.9 Å². The minimum Gasteiger partial charge on any atom is -0.368 e. The highest BCUT2D eigenvalue weighted by Gasteiger charge is 2.34. The summed E-state index contributed by atoms with van der Waals surface area (Å²) in [5.41, 5.74) is -0.705. The molecule has 106 valence electrons. The first-order chi connectivity index (χ1) is 8.98. The van der Waals surface area contributed by atoms with E-state index in [9.17, 15) is 13.2 Å². The van der Waals surface area contributed by atoms with Gasteiger partial charge >= 0.3 is 6.18 Å². The molecule has 1 unspecified atom stereocenters. The molecular formula is C13H18F3N3. The standard InChI is InChI=1S/C13H18F3N3/c1-10(19-7-2-3-8-19)9-18-12-11(13(14,15)16)5-4-6-17-12/h4-6,10H,2-3,7-9H2,1H3,(H,17,18). The summed E-state index contributed by atoms with van der Waals surface area (Å²) in [7, 11) is 0. The zero-order chi connectivity index (χ0) is 13.9. The maximum atomic E-state index is 12.8. The number of alkyl halides is 3. The van der Waals surface area contributed by atoms with Crippen LogP contribution in [-0.2, 0) is 6.18 Å². The smallest absolute Gasteiger partial charge is 0.368 e. The highest BCUT2D eigenvalue weighted by Crippen LogP contribution is 2.33. The van der Waals surface area contributed by atoms with Gasteiger partial charge in [-0.2, -0.15) is 13.2 Å². The van der Waals surface area contributed by atoms with Crippen LogP contribution in [0.3, 0.4) is 0 Å². The quantitative estimate of drug-likeness (QED) is 0.914. The summed E-state index contributed by atoms with van der Waals surface area (Å²) in [5.74, 6) is -0.0824. The van der Waals surface area contributed by atoms with Crippen LogP contribution in [0, 0.1) is 0 Å². The van der Waals surface area contributed by atoms with Gasteiger partial charge in [0.05, 0.1) is 5.56 Å². The van der Waals surface area contributed by atoms with Gasteiger partial charge in [-0.3, -0.25) is 4.90 Å². The molecule has 2 rings (SSSR count). The summed E-state index contributed by atoms with van der Waals surface area (Å²) in [6.45, 7) is 4.54. The molecule has 0 saturated carbocycles. The van der Waals surface area contributed by atoms with E-state index in [4.69, 9.17) is 0 Å². The Kier molecular flexibility index (Phi) is 4.29. The second kappa shape index (κ2) is 5.77. The number of pyridine rings is 1. The summed E-state index contributed by atoms with van der Waals surface area (Å²) in [6, 6.07) is 2.57. The first-order valence-electron chi connectivity index (χ1n) is 6.48. The van der Waals surface area contributed by atoms with Crippen LogP contribution in [0.5, 0.6) is 0 Å². The van der Waals surface area contributed by atoms with Crippen molar-refractivity contribution in [2.24, 2.45) is 0 Å². The maximum Gasteiger partial charge on any atom is 0.419 e. The lowest BCUT2D eigenvalue weighted by Crippen LogP contribution is -2.36. The van der Waals surface area contributed by atoms with Crippen molar-refractivity contribution in [3.05, 3.63) is 23.9 Å². The first-order valence-corrected chi connectivity index (χ1v) is 6.48. The monoisotopic (exact) mass is 273 g/mol. The van der Waals surface area contributed by atoms with Crippen molar-refractivity contribution in [2.75, 3.05) is 25.0 Å². The molecule has 1 atom stereocenters. The average molecular weight is 273 g/mol. The van der Waals surface area contributed by atoms with E-state index in [0.29, 0.717) is 6.54 Å². The topological polar surface area (TPSA) is 28.2 Å². The van der Waals surface area contributed by atoms with Crippen molar-refractivity contribution in [3.8, 4) is 0 Å². The summed E-state index contributed by atoms with van der Waals surface area (Å²) >= 11 is 0. The number of hydrogen-bond acceptors (Lipinski definition) is 3. The lowest BCUT2D eigenvalue weighted by Gasteiger charge is -2.24. The molecule has 2 heterocycles. The minimum absolute atomic E-state index is 0.0824. The second-order valence-electron chi connectivity index (χ2n) is 4.87. The molecule has 1 aromatic heterocycles. The van der Waals surface area contributed by atoms with Crippen molar-refractivity contribution in [3.63, 3.8) is 0 Å². The second-order valence-corrected chi connectivity index (χ2v) is 4.87. The van der Waals surface area contributed by atoms with E-state index in [2.05, 4.69) is 15.2 Å². The van der Waals surface area contributed by atoms with Crippen molar-refractivity contribution in [1.29, 1.82) is 0 Å². The highest BCUT2D eigenvalue weighted by atomic mass is 19.4. The van der Waals surface area contributed by atoms with Crippen LogP contribution < -0.4 is 5.32 Å². The summed E-state index contributed by atoms with van der Waals surface area (Å²) in [4.78, 5) is 6.08. The molecule has 1 aliphatic heterocycles. The fourth-order valence-corrected chi connectivity index (χ4v) is 2.33. The molecule has 1 aliphatic rings. The number of likely N-dealkylation sites (tertiary alicyclic amines) is 1. The van der Waals surface area contributed by atoms with Gasteiger partial charge in [-0.05, 0) is 45.0 Å². The van der Waals surface area contributed by atoms with Crippen LogP contribution in [0.1, 0.15) is 25.3 Å². The summed E-state index contributed by atoms with van der Waals surface area (Å²) < 4.78 is 38.3. The molecule has 1 N–H and O–H groups in total. The summed E-state index contributed by atoms with van der Waals surface area (Å²) in [5, 5.41) is 2.82. The third kappa shape index (κ3) is 3.59. The Balaban J connectivity index is 1.99. The summed E-state index contributed by atoms with van der Waals surface area (Å²) in [6.07, 6.45) is -0.658. The van der Waals surface area contributed by atoms with Crippen molar-refractivity contribution in [2.45, 2.75) is 32.0 Å². The van der Waals surface area contributed by atoms with Crippen LogP contribution in [0.2, 0.25) is 0 Å². The lowest BCUT2D eigenvalue weighted by molar-refractivity contribution is -0.137. The Bertz CT molecular complexity index is 414. The molecule has 0 aromatic carbocycles. The predicted molar refractivity (Wildman–Crippen MR) is 68.0 cm³/mol. The Morgan fingerprint density at radius 1 is 1.37 bits per heavy atom. The molecule has 1 fully saturated rings. The van der Waals surface area contributed by atoms with Gasteiger partial charge in [0.1, 0.15) is 5.82 Å². The number of nitrogens with zero attached hydrogens (tertiary/aromatic N) is 2. The number of anilines is 1. The fraction of sp³-hybridized carbons (Fsp3) is 0.615. The van der Waals surface area contributed by atoms with Crippen LogP contribution in [0.25, 0.3) is 0 Å². The van der Waals surface area contributed by atoms with E-state index in [1.165, 1.54) is 25.1 Å². The Morgan fingerprint density at radius 2 is 2.05 bits per heavy atom. The molecule has 0 radical (unpaired) electrons. The van der Waals surface area contributed by atoms with Crippen molar-refractivity contribution in [1.82, 2.24) is 9.88 Å². The number of rotatable bonds is 4. The van der Waals surface area contributed by atoms with Crippen molar-refractivity contribution >= 4 is 5.82 Å². The van der Waals surface area contributed by atoms with Crippen LogP contribution in [-0.4, -0.2) is 35.6 Å². The Hall–Kier alpha value is -1.30. The average Bonchev–Trinajstić information content (AvgIpc) is 2.89. The van der Waals surface area contributed by atoms with Gasteiger partial charge in [0, 0.05) is 18.8 Å². The van der Waals surface area contributed by atoms with Crippen LogP contribution in [0.15, 0.2) is 18.3 Å². The fourth-order valence-electron chi connectivity index (χ4n) is 2.33. The lowest BCUT2D eigenvalue weighted by atomic mass is 10.2. The van der Waals surface area contributed by atoms with Crippen LogP contribution >= 0.6 is 0 Å².